The lowest BCUT2D eigenvalue weighted by molar-refractivity contribution is 0.552. The van der Waals surface area contributed by atoms with Crippen LogP contribution in [0.2, 0.25) is 0 Å². The minimum Gasteiger partial charge on any atom is -0.350 e. The maximum absolute atomic E-state index is 4.18. The molecule has 0 bridgehead atoms. The van der Waals surface area contributed by atoms with Crippen LogP contribution >= 0.6 is 15.9 Å². The van der Waals surface area contributed by atoms with E-state index in [-0.39, 0.29) is 0 Å². The fourth-order valence-electron chi connectivity index (χ4n) is 1.95. The molecule has 0 fully saturated rings. The third-order valence-corrected chi connectivity index (χ3v) is 3.25. The van der Waals surface area contributed by atoms with Crippen molar-refractivity contribution >= 4 is 15.9 Å². The van der Waals surface area contributed by atoms with Crippen LogP contribution in [0, 0.1) is 5.92 Å². The van der Waals surface area contributed by atoms with Crippen molar-refractivity contribution in [1.82, 2.24) is 14.9 Å². The topological polar surface area (TPSA) is 29.9 Å². The van der Waals surface area contributed by atoms with Crippen molar-refractivity contribution in [3.05, 3.63) is 52.5 Å². The molecule has 0 amide bonds. The van der Waals surface area contributed by atoms with Gasteiger partial charge in [0.25, 0.3) is 0 Å². The summed E-state index contributed by atoms with van der Waals surface area (Å²) in [6.45, 7) is 7.29. The molecule has 0 saturated heterocycles. The molecule has 19 heavy (non-hydrogen) atoms. The molecular formula is C15H20BrN3. The van der Waals surface area contributed by atoms with Crippen LogP contribution in [0.25, 0.3) is 0 Å². The second kappa shape index (κ2) is 6.87. The van der Waals surface area contributed by atoms with Gasteiger partial charge in [-0.1, -0.05) is 13.8 Å². The molecule has 0 spiro atoms. The predicted octanol–water partition coefficient (Wildman–Crippen LogP) is 3.44. The minimum absolute atomic E-state index is 0.690. The molecule has 0 unspecified atom stereocenters. The Balaban J connectivity index is 1.90. The number of pyridine rings is 1. The van der Waals surface area contributed by atoms with Crippen LogP contribution in [-0.4, -0.2) is 16.1 Å². The Morgan fingerprint density at radius 3 is 2.89 bits per heavy atom. The second-order valence-corrected chi connectivity index (χ2v) is 6.14. The highest BCUT2D eigenvalue weighted by molar-refractivity contribution is 9.10. The molecule has 3 nitrogen and oxygen atoms in total. The molecule has 4 heteroatoms. The third-order valence-electron chi connectivity index (χ3n) is 2.82. The lowest BCUT2D eigenvalue weighted by atomic mass is 10.2. The SMILES string of the molecule is CC(C)CNCc1ccn(Cc2cncc(Br)c2)c1. The van der Waals surface area contributed by atoms with Crippen molar-refractivity contribution < 1.29 is 0 Å². The van der Waals surface area contributed by atoms with Gasteiger partial charge in [0.2, 0.25) is 0 Å². The van der Waals surface area contributed by atoms with Crippen LogP contribution in [-0.2, 0) is 13.1 Å². The summed E-state index contributed by atoms with van der Waals surface area (Å²) in [6, 6.07) is 4.27. The number of nitrogens with one attached hydrogen (secondary N) is 1. The number of aromatic nitrogens is 2. The maximum atomic E-state index is 4.18. The zero-order valence-corrected chi connectivity index (χ0v) is 13.0. The molecular weight excluding hydrogens is 302 g/mol. The summed E-state index contributed by atoms with van der Waals surface area (Å²) in [5, 5.41) is 3.45. The van der Waals surface area contributed by atoms with Crippen LogP contribution in [0.15, 0.2) is 41.4 Å². The van der Waals surface area contributed by atoms with Crippen molar-refractivity contribution in [3.8, 4) is 0 Å². The zero-order valence-electron chi connectivity index (χ0n) is 11.4. The van der Waals surface area contributed by atoms with E-state index in [0.717, 1.165) is 24.1 Å². The molecule has 2 aromatic heterocycles. The quantitative estimate of drug-likeness (QED) is 0.883. The van der Waals surface area contributed by atoms with Crippen LogP contribution in [0.4, 0.5) is 0 Å². The van der Waals surface area contributed by atoms with Crippen molar-refractivity contribution in [2.24, 2.45) is 5.92 Å². The van der Waals surface area contributed by atoms with Gasteiger partial charge >= 0.3 is 0 Å². The second-order valence-electron chi connectivity index (χ2n) is 5.23. The zero-order chi connectivity index (χ0) is 13.7. The van der Waals surface area contributed by atoms with E-state index < -0.39 is 0 Å². The van der Waals surface area contributed by atoms with Gasteiger partial charge in [-0.3, -0.25) is 4.98 Å². The maximum Gasteiger partial charge on any atom is 0.0485 e. The van der Waals surface area contributed by atoms with Gasteiger partial charge in [-0.2, -0.15) is 0 Å². The van der Waals surface area contributed by atoms with Gasteiger partial charge in [0, 0.05) is 42.3 Å². The number of hydrogen-bond donors (Lipinski definition) is 1. The smallest absolute Gasteiger partial charge is 0.0485 e. The molecule has 0 aliphatic heterocycles. The monoisotopic (exact) mass is 321 g/mol. The lowest BCUT2D eigenvalue weighted by Gasteiger charge is -2.06. The highest BCUT2D eigenvalue weighted by Crippen LogP contribution is 2.11. The third kappa shape index (κ3) is 4.80. The summed E-state index contributed by atoms with van der Waals surface area (Å²) in [5.41, 5.74) is 2.52. The number of rotatable bonds is 6. The average Bonchev–Trinajstić information content (AvgIpc) is 2.76. The number of halogens is 1. The number of hydrogen-bond acceptors (Lipinski definition) is 2. The van der Waals surface area contributed by atoms with Gasteiger partial charge in [0.15, 0.2) is 0 Å². The van der Waals surface area contributed by atoms with Gasteiger partial charge in [-0.05, 0) is 51.7 Å². The van der Waals surface area contributed by atoms with Crippen LogP contribution < -0.4 is 5.32 Å². The molecule has 0 aromatic carbocycles. The van der Waals surface area contributed by atoms with Crippen LogP contribution in [0.3, 0.4) is 0 Å². The fourth-order valence-corrected chi connectivity index (χ4v) is 2.36. The first kappa shape index (κ1) is 14.3. The van der Waals surface area contributed by atoms with E-state index in [1.165, 1.54) is 11.1 Å². The Hall–Kier alpha value is -1.13. The standard InChI is InChI=1S/C15H20BrN3/c1-12(2)6-17-7-13-3-4-19(10-13)11-14-5-15(16)9-18-8-14/h3-5,8-10,12,17H,6-7,11H2,1-2H3. The van der Waals surface area contributed by atoms with E-state index in [0.29, 0.717) is 5.92 Å². The molecule has 2 aromatic rings. The summed E-state index contributed by atoms with van der Waals surface area (Å²) in [4.78, 5) is 4.18. The molecule has 2 heterocycles. The molecule has 0 saturated carbocycles. The van der Waals surface area contributed by atoms with E-state index >= 15 is 0 Å². The molecule has 2 rings (SSSR count). The van der Waals surface area contributed by atoms with E-state index in [9.17, 15) is 0 Å². The van der Waals surface area contributed by atoms with Crippen LogP contribution in [0.1, 0.15) is 25.0 Å². The molecule has 0 aliphatic carbocycles. The van der Waals surface area contributed by atoms with Gasteiger partial charge in [-0.25, -0.2) is 0 Å². The Kier molecular flexibility index (Phi) is 5.16. The van der Waals surface area contributed by atoms with E-state index in [4.69, 9.17) is 0 Å². The summed E-state index contributed by atoms with van der Waals surface area (Å²) in [7, 11) is 0. The molecule has 0 atom stereocenters. The summed E-state index contributed by atoms with van der Waals surface area (Å²) in [6.07, 6.45) is 8.02. The van der Waals surface area contributed by atoms with Crippen molar-refractivity contribution in [3.63, 3.8) is 0 Å². The summed E-state index contributed by atoms with van der Waals surface area (Å²) >= 11 is 3.45. The minimum atomic E-state index is 0.690. The molecule has 102 valence electrons. The van der Waals surface area contributed by atoms with Gasteiger partial charge in [0.05, 0.1) is 0 Å². The fraction of sp³-hybridized carbons (Fsp3) is 0.400. The van der Waals surface area contributed by atoms with E-state index in [1.54, 1.807) is 6.20 Å². The van der Waals surface area contributed by atoms with Gasteiger partial charge in [-0.15, -0.1) is 0 Å². The van der Waals surface area contributed by atoms with Crippen LogP contribution in [0.5, 0.6) is 0 Å². The van der Waals surface area contributed by atoms with E-state index in [2.05, 4.69) is 69.2 Å². The highest BCUT2D eigenvalue weighted by atomic mass is 79.9. The predicted molar refractivity (Wildman–Crippen MR) is 82.0 cm³/mol. The Morgan fingerprint density at radius 1 is 1.32 bits per heavy atom. The first-order valence-corrected chi connectivity index (χ1v) is 7.37. The first-order valence-electron chi connectivity index (χ1n) is 6.58. The number of nitrogens with zero attached hydrogens (tertiary/aromatic N) is 2. The first-order chi connectivity index (χ1) is 9.13. The van der Waals surface area contributed by atoms with Gasteiger partial charge in [0.1, 0.15) is 0 Å². The van der Waals surface area contributed by atoms with E-state index in [1.807, 2.05) is 6.20 Å². The van der Waals surface area contributed by atoms with Crippen molar-refractivity contribution in [2.75, 3.05) is 6.54 Å². The Bertz CT molecular complexity index is 520. The largest absolute Gasteiger partial charge is 0.350 e. The Morgan fingerprint density at radius 2 is 2.16 bits per heavy atom. The average molecular weight is 322 g/mol. The van der Waals surface area contributed by atoms with Crippen molar-refractivity contribution in [1.29, 1.82) is 0 Å². The highest BCUT2D eigenvalue weighted by Gasteiger charge is 2.00. The summed E-state index contributed by atoms with van der Waals surface area (Å²) < 4.78 is 3.21. The molecule has 1 N–H and O–H groups in total. The van der Waals surface area contributed by atoms with Gasteiger partial charge < -0.3 is 9.88 Å². The lowest BCUT2D eigenvalue weighted by Crippen LogP contribution is -2.18. The summed E-state index contributed by atoms with van der Waals surface area (Å²) in [5.74, 6) is 0.690. The molecule has 0 radical (unpaired) electrons. The van der Waals surface area contributed by atoms with Crippen molar-refractivity contribution in [2.45, 2.75) is 26.9 Å². The normalized spacial score (nSPS) is 11.2. The molecule has 0 aliphatic rings. The Labute approximate surface area is 123 Å².